The number of benzene rings is 4. The van der Waals surface area contributed by atoms with Gasteiger partial charge in [0.2, 0.25) is 10.0 Å². The van der Waals surface area contributed by atoms with Gasteiger partial charge in [-0.05, 0) is 109 Å². The Morgan fingerprint density at radius 3 is 2.30 bits per heavy atom. The summed E-state index contributed by atoms with van der Waals surface area (Å²) >= 11 is 0. The molecule has 3 aliphatic rings. The monoisotopic (exact) mass is 728 g/mol. The first kappa shape index (κ1) is 34.9. The van der Waals surface area contributed by atoms with Crippen LogP contribution in [0.15, 0.2) is 97.1 Å². The largest absolute Gasteiger partial charge is 0.508 e. The van der Waals surface area contributed by atoms with Crippen molar-refractivity contribution in [2.45, 2.75) is 70.5 Å². The van der Waals surface area contributed by atoms with E-state index in [2.05, 4.69) is 29.7 Å². The van der Waals surface area contributed by atoms with Crippen molar-refractivity contribution in [1.82, 2.24) is 13.8 Å². The number of anilines is 1. The van der Waals surface area contributed by atoms with Crippen molar-refractivity contribution in [2.24, 2.45) is 0 Å². The molecule has 8 rings (SSSR count). The average Bonchev–Trinajstić information content (AvgIpc) is 3.56. The molecule has 272 valence electrons. The fourth-order valence-corrected chi connectivity index (χ4v) is 9.75. The number of phenols is 1. The lowest BCUT2D eigenvalue weighted by atomic mass is 9.90. The minimum atomic E-state index is -3.61. The van der Waals surface area contributed by atoms with Gasteiger partial charge in [-0.25, -0.2) is 8.42 Å². The Bertz CT molecular complexity index is 2320. The fourth-order valence-electron chi connectivity index (χ4n) is 8.25. The molecule has 4 heterocycles. The molecule has 10 heteroatoms. The van der Waals surface area contributed by atoms with Gasteiger partial charge in [-0.2, -0.15) is 4.31 Å². The summed E-state index contributed by atoms with van der Waals surface area (Å²) in [5, 5.41) is 9.84. The molecule has 9 nitrogen and oxygen atoms in total. The van der Waals surface area contributed by atoms with Crippen molar-refractivity contribution in [3.63, 3.8) is 0 Å². The number of hydrogen-bond donors (Lipinski definition) is 1. The zero-order chi connectivity index (χ0) is 36.9. The van der Waals surface area contributed by atoms with Crippen LogP contribution in [0.3, 0.4) is 0 Å². The van der Waals surface area contributed by atoms with Crippen LogP contribution < -0.4 is 4.90 Å². The van der Waals surface area contributed by atoms with Crippen molar-refractivity contribution in [3.05, 3.63) is 142 Å². The second kappa shape index (κ2) is 14.0. The first-order chi connectivity index (χ1) is 25.6. The Hall–Kier alpha value is -5.19. The van der Waals surface area contributed by atoms with Gasteiger partial charge in [-0.3, -0.25) is 9.59 Å². The van der Waals surface area contributed by atoms with Gasteiger partial charge in [0.1, 0.15) is 5.75 Å². The van der Waals surface area contributed by atoms with E-state index < -0.39 is 10.0 Å². The van der Waals surface area contributed by atoms with Crippen LogP contribution in [0.2, 0.25) is 0 Å². The van der Waals surface area contributed by atoms with Gasteiger partial charge in [0.15, 0.2) is 0 Å². The third-order valence-corrected chi connectivity index (χ3v) is 13.0. The maximum atomic E-state index is 14.9. The molecule has 2 amide bonds. The highest BCUT2D eigenvalue weighted by Crippen LogP contribution is 2.38. The molecule has 0 fully saturated rings. The fraction of sp³-hybridized carbons (Fsp3) is 0.302. The summed E-state index contributed by atoms with van der Waals surface area (Å²) in [6.45, 7) is 3.83. The van der Waals surface area contributed by atoms with Crippen LogP contribution in [0.25, 0.3) is 11.3 Å². The minimum absolute atomic E-state index is 0.0404. The molecule has 53 heavy (non-hydrogen) atoms. The second-order valence-electron chi connectivity index (χ2n) is 14.6. The molecule has 1 atom stereocenters. The number of aromatic hydroxyl groups is 1. The highest BCUT2D eigenvalue weighted by atomic mass is 32.2. The molecule has 0 aliphatic carbocycles. The lowest BCUT2D eigenvalue weighted by molar-refractivity contribution is 0.0658. The Balaban J connectivity index is 1.22. The van der Waals surface area contributed by atoms with Gasteiger partial charge >= 0.3 is 0 Å². The third-order valence-electron chi connectivity index (χ3n) is 11.2. The van der Waals surface area contributed by atoms with E-state index in [1.54, 1.807) is 40.5 Å². The van der Waals surface area contributed by atoms with E-state index in [9.17, 15) is 23.1 Å². The van der Waals surface area contributed by atoms with Crippen molar-refractivity contribution >= 4 is 27.5 Å². The number of aromatic nitrogens is 1. The molecule has 0 saturated heterocycles. The van der Waals surface area contributed by atoms with Crippen molar-refractivity contribution in [1.29, 1.82) is 0 Å². The van der Waals surface area contributed by atoms with E-state index in [0.29, 0.717) is 36.3 Å². The van der Waals surface area contributed by atoms with Crippen molar-refractivity contribution in [2.75, 3.05) is 18.5 Å². The zero-order valence-electron chi connectivity index (χ0n) is 30.2. The Morgan fingerprint density at radius 1 is 0.792 bits per heavy atom. The number of carbonyl (C=O) groups is 2. The van der Waals surface area contributed by atoms with Gasteiger partial charge in [0.05, 0.1) is 11.3 Å². The summed E-state index contributed by atoms with van der Waals surface area (Å²) in [4.78, 5) is 32.7. The first-order valence-electron chi connectivity index (χ1n) is 18.4. The maximum Gasteiger partial charge on any atom is 0.259 e. The number of carbonyl (C=O) groups excluding carboxylic acids is 2. The predicted molar refractivity (Wildman–Crippen MR) is 206 cm³/mol. The Morgan fingerprint density at radius 2 is 1.53 bits per heavy atom. The molecular formula is C43H44N4O5S. The number of rotatable bonds is 7. The number of hydrogen-bond acceptors (Lipinski definition) is 5. The minimum Gasteiger partial charge on any atom is -0.508 e. The molecule has 0 unspecified atom stereocenters. The van der Waals surface area contributed by atoms with Gasteiger partial charge in [0.25, 0.3) is 11.8 Å². The van der Waals surface area contributed by atoms with Crippen LogP contribution >= 0.6 is 0 Å². The number of amides is 2. The normalized spacial score (nSPS) is 17.1. The first-order valence-corrected chi connectivity index (χ1v) is 20.0. The SMILES string of the molecule is C[C@@H]1Cc2ccccc2CN1C(=O)c1cc2c(cc1-c1cc(C(=O)N(C)c3ccc(O)cc3)c3n1CCCC3)CCN(S(=O)(=O)Cc1ccccc1)C2. The number of sulfonamides is 1. The molecule has 3 aliphatic heterocycles. The van der Waals surface area contributed by atoms with Gasteiger partial charge in [-0.15, -0.1) is 0 Å². The summed E-state index contributed by atoms with van der Waals surface area (Å²) < 4.78 is 31.1. The van der Waals surface area contributed by atoms with Crippen molar-refractivity contribution in [3.8, 4) is 17.0 Å². The van der Waals surface area contributed by atoms with Crippen LogP contribution in [-0.4, -0.2) is 58.7 Å². The van der Waals surface area contributed by atoms with E-state index in [4.69, 9.17) is 0 Å². The molecule has 0 spiro atoms. The van der Waals surface area contributed by atoms with Gasteiger partial charge in [-0.1, -0.05) is 54.6 Å². The van der Waals surface area contributed by atoms with E-state index in [-0.39, 0.29) is 35.9 Å². The van der Waals surface area contributed by atoms with E-state index in [1.165, 1.54) is 5.56 Å². The van der Waals surface area contributed by atoms with E-state index in [1.807, 2.05) is 59.5 Å². The standard InChI is InChI=1S/C43H44N4O5S/c1-29-22-31-12-6-7-13-33(31)27-47(29)43(50)38-24-34-26-45(53(51,52)28-30-10-4-3-5-11-30)21-19-32(34)23-37(38)41-25-39(40-14-8-9-20-46(40)41)42(49)44(2)35-15-17-36(48)18-16-35/h3-7,10-13,15-18,23-25,29,48H,8-9,14,19-22,26-28H2,1-2H3/t29-/m1/s1. The van der Waals surface area contributed by atoms with Gasteiger partial charge in [0, 0.05) is 67.5 Å². The van der Waals surface area contributed by atoms with Crippen LogP contribution in [0.1, 0.15) is 74.0 Å². The van der Waals surface area contributed by atoms with Crippen LogP contribution in [0, 0.1) is 0 Å². The Kier molecular flexibility index (Phi) is 9.20. The zero-order valence-corrected chi connectivity index (χ0v) is 31.0. The number of nitrogens with zero attached hydrogens (tertiary/aromatic N) is 4. The highest BCUT2D eigenvalue weighted by molar-refractivity contribution is 7.88. The van der Waals surface area contributed by atoms with E-state index in [0.717, 1.165) is 71.4 Å². The lowest BCUT2D eigenvalue weighted by Gasteiger charge is -2.36. The molecule has 5 aromatic rings. The smallest absolute Gasteiger partial charge is 0.259 e. The lowest BCUT2D eigenvalue weighted by Crippen LogP contribution is -2.43. The third kappa shape index (κ3) is 6.66. The van der Waals surface area contributed by atoms with Crippen molar-refractivity contribution < 1.29 is 23.1 Å². The second-order valence-corrected chi connectivity index (χ2v) is 16.6. The van der Waals surface area contributed by atoms with Crippen LogP contribution in [0.4, 0.5) is 5.69 Å². The topological polar surface area (TPSA) is 103 Å². The molecule has 1 N–H and O–H groups in total. The average molecular weight is 729 g/mol. The summed E-state index contributed by atoms with van der Waals surface area (Å²) in [5.74, 6) is -0.205. The molecule has 4 aromatic carbocycles. The van der Waals surface area contributed by atoms with E-state index >= 15 is 0 Å². The molecule has 1 aromatic heterocycles. The number of phenolic OH excluding ortho intramolecular Hbond substituents is 1. The molecular weight excluding hydrogens is 685 g/mol. The highest BCUT2D eigenvalue weighted by Gasteiger charge is 2.34. The molecule has 0 radical (unpaired) electrons. The summed E-state index contributed by atoms with van der Waals surface area (Å²) in [7, 11) is -1.87. The molecule has 0 bridgehead atoms. The van der Waals surface area contributed by atoms with Crippen LogP contribution in [-0.2, 0) is 54.7 Å². The summed E-state index contributed by atoms with van der Waals surface area (Å²) in [6.07, 6.45) is 3.92. The van der Waals surface area contributed by atoms with Gasteiger partial charge < -0.3 is 19.5 Å². The summed E-state index contributed by atoms with van der Waals surface area (Å²) in [5.41, 5.74) is 9.31. The predicted octanol–water partition coefficient (Wildman–Crippen LogP) is 6.95. The maximum absolute atomic E-state index is 14.9. The molecule has 0 saturated carbocycles. The number of fused-ring (bicyclic) bond motifs is 3. The Labute approximate surface area is 311 Å². The summed E-state index contributed by atoms with van der Waals surface area (Å²) in [6, 6.07) is 30.0. The van der Waals surface area contributed by atoms with Crippen LogP contribution in [0.5, 0.6) is 5.75 Å². The quantitative estimate of drug-likeness (QED) is 0.196.